The second-order valence-electron chi connectivity index (χ2n) is 5.52. The SMILES string of the molecule is CCN(CCC#N)C(=O)CSc1nc(-c2ccco2)nc2ccccc12. The summed E-state index contributed by atoms with van der Waals surface area (Å²) in [6.45, 7) is 2.95. The van der Waals surface area contributed by atoms with Gasteiger partial charge in [0.1, 0.15) is 5.03 Å². The molecule has 7 heteroatoms. The van der Waals surface area contributed by atoms with Crippen molar-refractivity contribution in [3.63, 3.8) is 0 Å². The van der Waals surface area contributed by atoms with E-state index in [0.29, 0.717) is 31.1 Å². The molecule has 0 radical (unpaired) electrons. The van der Waals surface area contributed by atoms with Crippen molar-refractivity contribution < 1.29 is 9.21 Å². The summed E-state index contributed by atoms with van der Waals surface area (Å²) in [6.07, 6.45) is 1.92. The third kappa shape index (κ3) is 4.03. The summed E-state index contributed by atoms with van der Waals surface area (Å²) < 4.78 is 5.41. The van der Waals surface area contributed by atoms with Crippen molar-refractivity contribution >= 4 is 28.6 Å². The topological polar surface area (TPSA) is 83.0 Å². The maximum Gasteiger partial charge on any atom is 0.233 e. The minimum absolute atomic E-state index is 0.00464. The molecule has 132 valence electrons. The number of nitrogens with zero attached hydrogens (tertiary/aromatic N) is 4. The molecule has 0 aliphatic carbocycles. The molecule has 0 fully saturated rings. The van der Waals surface area contributed by atoms with E-state index in [9.17, 15) is 4.79 Å². The molecular formula is C19H18N4O2S. The normalized spacial score (nSPS) is 10.6. The summed E-state index contributed by atoms with van der Waals surface area (Å²) in [4.78, 5) is 23.3. The first-order valence-corrected chi connectivity index (χ1v) is 9.29. The Morgan fingerprint density at radius 2 is 2.12 bits per heavy atom. The lowest BCUT2D eigenvalue weighted by molar-refractivity contribution is -0.128. The molecule has 3 rings (SSSR count). The Labute approximate surface area is 155 Å². The predicted octanol–water partition coefficient (Wildman–Crippen LogP) is 3.74. The number of aromatic nitrogens is 2. The third-order valence-corrected chi connectivity index (χ3v) is 4.85. The minimum atomic E-state index is -0.00464. The molecule has 1 amide bonds. The Morgan fingerprint density at radius 1 is 1.27 bits per heavy atom. The van der Waals surface area contributed by atoms with Crippen LogP contribution in [-0.2, 0) is 4.79 Å². The maximum absolute atomic E-state index is 12.4. The molecule has 0 aliphatic rings. The molecular weight excluding hydrogens is 348 g/mol. The van der Waals surface area contributed by atoms with E-state index in [1.54, 1.807) is 17.2 Å². The van der Waals surface area contributed by atoms with Crippen LogP contribution in [0.3, 0.4) is 0 Å². The zero-order valence-electron chi connectivity index (χ0n) is 14.4. The summed E-state index contributed by atoms with van der Waals surface area (Å²) in [5, 5.41) is 10.4. The number of para-hydroxylation sites is 1. The standard InChI is InChI=1S/C19H18N4O2S/c1-2-23(11-6-10-20)17(24)13-26-19-14-7-3-4-8-15(14)21-18(22-19)16-9-5-12-25-16/h3-5,7-9,12H,2,6,11,13H2,1H3. The number of fused-ring (bicyclic) bond motifs is 1. The lowest BCUT2D eigenvalue weighted by Crippen LogP contribution is -2.33. The van der Waals surface area contributed by atoms with E-state index in [-0.39, 0.29) is 11.7 Å². The lowest BCUT2D eigenvalue weighted by atomic mass is 10.2. The van der Waals surface area contributed by atoms with Gasteiger partial charge in [0.15, 0.2) is 11.6 Å². The van der Waals surface area contributed by atoms with Gasteiger partial charge in [-0.2, -0.15) is 5.26 Å². The molecule has 0 atom stereocenters. The number of amides is 1. The van der Waals surface area contributed by atoms with E-state index < -0.39 is 0 Å². The van der Waals surface area contributed by atoms with E-state index in [1.165, 1.54) is 11.8 Å². The molecule has 0 N–H and O–H groups in total. The highest BCUT2D eigenvalue weighted by Crippen LogP contribution is 2.28. The van der Waals surface area contributed by atoms with Gasteiger partial charge >= 0.3 is 0 Å². The van der Waals surface area contributed by atoms with Crippen LogP contribution in [0.4, 0.5) is 0 Å². The molecule has 1 aromatic carbocycles. The monoisotopic (exact) mass is 366 g/mol. The summed E-state index contributed by atoms with van der Waals surface area (Å²) in [5.41, 5.74) is 0.806. The Kier molecular flexibility index (Phi) is 5.87. The largest absolute Gasteiger partial charge is 0.461 e. The van der Waals surface area contributed by atoms with Crippen LogP contribution in [0.1, 0.15) is 13.3 Å². The van der Waals surface area contributed by atoms with Crippen molar-refractivity contribution in [2.45, 2.75) is 18.4 Å². The first kappa shape index (κ1) is 18.0. The summed E-state index contributed by atoms with van der Waals surface area (Å²) in [7, 11) is 0. The van der Waals surface area contributed by atoms with Crippen LogP contribution in [0.25, 0.3) is 22.5 Å². The number of rotatable bonds is 7. The van der Waals surface area contributed by atoms with Crippen LogP contribution < -0.4 is 0 Å². The second-order valence-corrected chi connectivity index (χ2v) is 6.48. The Balaban J connectivity index is 1.85. The molecule has 2 heterocycles. The number of carbonyl (C=O) groups is 1. The smallest absolute Gasteiger partial charge is 0.233 e. The molecule has 0 spiro atoms. The van der Waals surface area contributed by atoms with E-state index in [1.807, 2.05) is 37.3 Å². The van der Waals surface area contributed by atoms with Gasteiger partial charge in [-0.15, -0.1) is 0 Å². The third-order valence-electron chi connectivity index (χ3n) is 3.87. The van der Waals surface area contributed by atoms with Crippen LogP contribution in [-0.4, -0.2) is 39.6 Å². The van der Waals surface area contributed by atoms with E-state index >= 15 is 0 Å². The zero-order chi connectivity index (χ0) is 18.4. The lowest BCUT2D eigenvalue weighted by Gasteiger charge is -2.19. The highest BCUT2D eigenvalue weighted by Gasteiger charge is 2.15. The van der Waals surface area contributed by atoms with Crippen molar-refractivity contribution in [3.05, 3.63) is 42.7 Å². The predicted molar refractivity (Wildman–Crippen MR) is 100 cm³/mol. The van der Waals surface area contributed by atoms with Gasteiger partial charge in [0.05, 0.1) is 30.0 Å². The molecule has 0 saturated carbocycles. The van der Waals surface area contributed by atoms with E-state index in [4.69, 9.17) is 9.68 Å². The van der Waals surface area contributed by atoms with Crippen molar-refractivity contribution in [2.24, 2.45) is 0 Å². The second kappa shape index (κ2) is 8.50. The van der Waals surface area contributed by atoms with Crippen molar-refractivity contribution in [2.75, 3.05) is 18.8 Å². The Bertz CT molecular complexity index is 934. The fourth-order valence-electron chi connectivity index (χ4n) is 2.54. The molecule has 0 saturated heterocycles. The fourth-order valence-corrected chi connectivity index (χ4v) is 3.46. The Morgan fingerprint density at radius 3 is 2.85 bits per heavy atom. The first-order valence-electron chi connectivity index (χ1n) is 8.31. The number of furan rings is 1. The van der Waals surface area contributed by atoms with E-state index in [0.717, 1.165) is 15.9 Å². The maximum atomic E-state index is 12.4. The number of hydrogen-bond acceptors (Lipinski definition) is 6. The molecule has 0 bridgehead atoms. The Hall–Kier alpha value is -2.85. The molecule has 0 aliphatic heterocycles. The van der Waals surface area contributed by atoms with Gasteiger partial charge in [-0.3, -0.25) is 4.79 Å². The van der Waals surface area contributed by atoms with Crippen LogP contribution in [0.5, 0.6) is 0 Å². The van der Waals surface area contributed by atoms with Gasteiger partial charge in [0.2, 0.25) is 5.91 Å². The number of carbonyl (C=O) groups excluding carboxylic acids is 1. The van der Waals surface area contributed by atoms with Crippen LogP contribution in [0.2, 0.25) is 0 Å². The number of thioether (sulfide) groups is 1. The van der Waals surface area contributed by atoms with Gasteiger partial charge in [0.25, 0.3) is 0 Å². The number of nitriles is 1. The average Bonchev–Trinajstić information content (AvgIpc) is 3.21. The average molecular weight is 366 g/mol. The van der Waals surface area contributed by atoms with E-state index in [2.05, 4.69) is 16.0 Å². The van der Waals surface area contributed by atoms with Crippen LogP contribution in [0.15, 0.2) is 52.1 Å². The molecule has 3 aromatic rings. The quantitative estimate of drug-likeness (QED) is 0.468. The van der Waals surface area contributed by atoms with Gasteiger partial charge in [-0.05, 0) is 25.1 Å². The highest BCUT2D eigenvalue weighted by atomic mass is 32.2. The van der Waals surface area contributed by atoms with Gasteiger partial charge < -0.3 is 9.32 Å². The molecule has 6 nitrogen and oxygen atoms in total. The van der Waals surface area contributed by atoms with Gasteiger partial charge in [0, 0.05) is 18.5 Å². The van der Waals surface area contributed by atoms with Crippen LogP contribution in [0, 0.1) is 11.3 Å². The van der Waals surface area contributed by atoms with Crippen molar-refractivity contribution in [3.8, 4) is 17.7 Å². The molecule has 2 aromatic heterocycles. The number of hydrogen-bond donors (Lipinski definition) is 0. The minimum Gasteiger partial charge on any atom is -0.461 e. The summed E-state index contributed by atoms with van der Waals surface area (Å²) in [5.74, 6) is 1.35. The van der Waals surface area contributed by atoms with Gasteiger partial charge in [-0.25, -0.2) is 9.97 Å². The van der Waals surface area contributed by atoms with Gasteiger partial charge in [-0.1, -0.05) is 30.0 Å². The summed E-state index contributed by atoms with van der Waals surface area (Å²) in [6, 6.07) is 13.4. The van der Waals surface area contributed by atoms with Crippen LogP contribution >= 0.6 is 11.8 Å². The van der Waals surface area contributed by atoms with Crippen molar-refractivity contribution in [1.82, 2.24) is 14.9 Å². The first-order chi connectivity index (χ1) is 12.7. The molecule has 0 unspecified atom stereocenters. The highest BCUT2D eigenvalue weighted by molar-refractivity contribution is 8.00. The number of benzene rings is 1. The summed E-state index contributed by atoms with van der Waals surface area (Å²) >= 11 is 1.38. The fraction of sp³-hybridized carbons (Fsp3) is 0.263. The zero-order valence-corrected chi connectivity index (χ0v) is 15.2. The molecule has 26 heavy (non-hydrogen) atoms. The van der Waals surface area contributed by atoms with Crippen molar-refractivity contribution in [1.29, 1.82) is 5.26 Å².